The Labute approximate surface area is 180 Å². The van der Waals surface area contributed by atoms with Crippen molar-refractivity contribution in [2.24, 2.45) is 5.73 Å². The Morgan fingerprint density at radius 2 is 1.94 bits per heavy atom. The molecule has 0 fully saturated rings. The number of aryl methyl sites for hydroxylation is 2. The van der Waals surface area contributed by atoms with Gasteiger partial charge in [0.2, 0.25) is 0 Å². The summed E-state index contributed by atoms with van der Waals surface area (Å²) in [4.78, 5) is 16.7. The molecule has 4 aromatic rings. The number of hydrogen-bond acceptors (Lipinski definition) is 6. The van der Waals surface area contributed by atoms with Crippen LogP contribution in [-0.2, 0) is 0 Å². The zero-order chi connectivity index (χ0) is 22.1. The lowest BCUT2D eigenvalue weighted by Gasteiger charge is -2.20. The maximum absolute atomic E-state index is 12.2. The lowest BCUT2D eigenvalue weighted by atomic mass is 9.98. The van der Waals surface area contributed by atoms with Crippen LogP contribution >= 0.6 is 0 Å². The molecule has 3 N–H and O–H groups in total. The van der Waals surface area contributed by atoms with E-state index in [1.54, 1.807) is 7.11 Å². The number of anilines is 1. The third kappa shape index (κ3) is 3.70. The molecule has 2 aromatic heterocycles. The van der Waals surface area contributed by atoms with E-state index in [4.69, 9.17) is 15.0 Å². The number of primary amides is 1. The predicted octanol–water partition coefficient (Wildman–Crippen LogP) is 4.79. The van der Waals surface area contributed by atoms with Crippen molar-refractivity contribution in [1.82, 2.24) is 10.1 Å². The van der Waals surface area contributed by atoms with Crippen LogP contribution in [0.2, 0.25) is 0 Å². The van der Waals surface area contributed by atoms with Crippen molar-refractivity contribution in [3.05, 3.63) is 71.2 Å². The van der Waals surface area contributed by atoms with Gasteiger partial charge in [-0.2, -0.15) is 0 Å². The molecule has 0 radical (unpaired) electrons. The normalized spacial score (nSPS) is 12.0. The van der Waals surface area contributed by atoms with E-state index in [9.17, 15) is 4.79 Å². The molecular weight excluding hydrogens is 392 g/mol. The summed E-state index contributed by atoms with van der Waals surface area (Å²) >= 11 is 0. The summed E-state index contributed by atoms with van der Waals surface area (Å²) in [6.45, 7) is 5.77. The van der Waals surface area contributed by atoms with Gasteiger partial charge < -0.3 is 20.3 Å². The number of methoxy groups -OCH3 is 1. The Morgan fingerprint density at radius 1 is 1.19 bits per heavy atom. The number of nitrogens with two attached hydrogens (primary N) is 1. The molecule has 2 heterocycles. The summed E-state index contributed by atoms with van der Waals surface area (Å²) in [7, 11) is 1.61. The molecule has 7 heteroatoms. The van der Waals surface area contributed by atoms with Crippen molar-refractivity contribution in [3.63, 3.8) is 0 Å². The van der Waals surface area contributed by atoms with Gasteiger partial charge in [0.25, 0.3) is 5.91 Å². The fourth-order valence-corrected chi connectivity index (χ4v) is 3.83. The monoisotopic (exact) mass is 416 g/mol. The van der Waals surface area contributed by atoms with Crippen LogP contribution < -0.4 is 15.8 Å². The van der Waals surface area contributed by atoms with Gasteiger partial charge in [-0.25, -0.2) is 0 Å². The molecule has 0 unspecified atom stereocenters. The highest BCUT2D eigenvalue weighted by Gasteiger charge is 2.21. The van der Waals surface area contributed by atoms with Crippen LogP contribution in [0.1, 0.15) is 40.3 Å². The first-order valence-electron chi connectivity index (χ1n) is 9.96. The number of benzene rings is 2. The van der Waals surface area contributed by atoms with E-state index in [1.807, 2.05) is 63.2 Å². The minimum absolute atomic E-state index is 0.0573. The highest BCUT2D eigenvalue weighted by molar-refractivity contribution is 6.07. The Balaban J connectivity index is 1.91. The summed E-state index contributed by atoms with van der Waals surface area (Å²) in [5.74, 6) is 0.770. The number of fused-ring (bicyclic) bond motifs is 1. The molecule has 0 bridgehead atoms. The molecular formula is C24H24N4O3. The number of pyridine rings is 1. The first kappa shape index (κ1) is 20.4. The van der Waals surface area contributed by atoms with E-state index in [1.165, 1.54) is 6.20 Å². The molecule has 0 spiro atoms. The topological polar surface area (TPSA) is 103 Å². The van der Waals surface area contributed by atoms with Gasteiger partial charge in [-0.1, -0.05) is 35.5 Å². The summed E-state index contributed by atoms with van der Waals surface area (Å²) < 4.78 is 11.0. The number of carbonyl (C=O) groups excluding carboxylic acids is 1. The van der Waals surface area contributed by atoms with Crippen LogP contribution in [0.25, 0.3) is 22.0 Å². The van der Waals surface area contributed by atoms with E-state index in [0.717, 1.165) is 27.8 Å². The van der Waals surface area contributed by atoms with Crippen LogP contribution in [0.5, 0.6) is 5.75 Å². The van der Waals surface area contributed by atoms with Crippen molar-refractivity contribution in [3.8, 4) is 16.9 Å². The number of hydrogen-bond donors (Lipinski definition) is 2. The number of aromatic nitrogens is 2. The average Bonchev–Trinajstić information content (AvgIpc) is 3.11. The molecule has 31 heavy (non-hydrogen) atoms. The highest BCUT2D eigenvalue weighted by atomic mass is 16.5. The molecule has 0 saturated carbocycles. The highest BCUT2D eigenvalue weighted by Crippen LogP contribution is 2.40. The van der Waals surface area contributed by atoms with Gasteiger partial charge in [0.1, 0.15) is 11.5 Å². The van der Waals surface area contributed by atoms with Gasteiger partial charge in [0, 0.05) is 23.2 Å². The van der Waals surface area contributed by atoms with Crippen molar-refractivity contribution < 1.29 is 14.1 Å². The SMILES string of the molecule is COc1cc2c(N[C@H](C)c3ccccc3)c(C(N)=O)cnc2cc1-c1c(C)noc1C. The lowest BCUT2D eigenvalue weighted by Crippen LogP contribution is -2.17. The zero-order valence-corrected chi connectivity index (χ0v) is 17.9. The summed E-state index contributed by atoms with van der Waals surface area (Å²) in [6, 6.07) is 13.7. The summed E-state index contributed by atoms with van der Waals surface area (Å²) in [5, 5.41) is 8.25. The molecule has 1 amide bonds. The molecule has 1 atom stereocenters. The fraction of sp³-hybridized carbons (Fsp3) is 0.208. The van der Waals surface area contributed by atoms with Crippen molar-refractivity contribution in [1.29, 1.82) is 0 Å². The van der Waals surface area contributed by atoms with E-state index in [-0.39, 0.29) is 6.04 Å². The largest absolute Gasteiger partial charge is 0.496 e. The van der Waals surface area contributed by atoms with Crippen LogP contribution in [-0.4, -0.2) is 23.2 Å². The first-order chi connectivity index (χ1) is 14.9. The molecule has 0 aliphatic heterocycles. The van der Waals surface area contributed by atoms with E-state index in [2.05, 4.69) is 15.5 Å². The maximum Gasteiger partial charge on any atom is 0.252 e. The van der Waals surface area contributed by atoms with Crippen LogP contribution in [0.4, 0.5) is 5.69 Å². The number of amides is 1. The molecule has 158 valence electrons. The van der Waals surface area contributed by atoms with Gasteiger partial charge in [-0.15, -0.1) is 0 Å². The Hall–Kier alpha value is -3.87. The van der Waals surface area contributed by atoms with Gasteiger partial charge >= 0.3 is 0 Å². The van der Waals surface area contributed by atoms with E-state index < -0.39 is 5.91 Å². The molecule has 0 saturated heterocycles. The number of rotatable bonds is 6. The molecule has 2 aromatic carbocycles. The molecule has 0 aliphatic carbocycles. The van der Waals surface area contributed by atoms with Crippen molar-refractivity contribution >= 4 is 22.5 Å². The predicted molar refractivity (Wildman–Crippen MR) is 120 cm³/mol. The maximum atomic E-state index is 12.2. The minimum Gasteiger partial charge on any atom is -0.496 e. The van der Waals surface area contributed by atoms with Gasteiger partial charge in [0.15, 0.2) is 0 Å². The number of nitrogens with one attached hydrogen (secondary N) is 1. The van der Waals surface area contributed by atoms with E-state index in [0.29, 0.717) is 28.3 Å². The summed E-state index contributed by atoms with van der Waals surface area (Å²) in [5.41, 5.74) is 10.9. The zero-order valence-electron chi connectivity index (χ0n) is 17.9. The van der Waals surface area contributed by atoms with Crippen LogP contribution in [0.15, 0.2) is 53.2 Å². The second-order valence-electron chi connectivity index (χ2n) is 7.46. The molecule has 7 nitrogen and oxygen atoms in total. The standard InChI is InChI=1S/C24H24N4O3/c1-13(16-8-6-5-7-9-16)27-23-17-11-21(30-4)18(22-14(2)28-31-15(22)3)10-20(17)26-12-19(23)24(25)29/h5-13H,1-4H3,(H2,25,29)(H,26,27)/t13-/m1/s1. The minimum atomic E-state index is -0.550. The van der Waals surface area contributed by atoms with Gasteiger partial charge in [-0.3, -0.25) is 9.78 Å². The number of ether oxygens (including phenoxy) is 1. The number of carbonyl (C=O) groups is 1. The quantitative estimate of drug-likeness (QED) is 0.468. The van der Waals surface area contributed by atoms with E-state index >= 15 is 0 Å². The van der Waals surface area contributed by atoms with Gasteiger partial charge in [0.05, 0.1) is 35.1 Å². The second kappa shape index (κ2) is 8.10. The van der Waals surface area contributed by atoms with Crippen LogP contribution in [0, 0.1) is 13.8 Å². The average molecular weight is 416 g/mol. The first-order valence-corrected chi connectivity index (χ1v) is 9.96. The summed E-state index contributed by atoms with van der Waals surface area (Å²) in [6.07, 6.45) is 1.51. The third-order valence-electron chi connectivity index (χ3n) is 5.42. The Kier molecular flexibility index (Phi) is 5.33. The van der Waals surface area contributed by atoms with Crippen molar-refractivity contribution in [2.75, 3.05) is 12.4 Å². The Bertz CT molecular complexity index is 1250. The third-order valence-corrected chi connectivity index (χ3v) is 5.42. The van der Waals surface area contributed by atoms with Crippen molar-refractivity contribution in [2.45, 2.75) is 26.8 Å². The second-order valence-corrected chi connectivity index (χ2v) is 7.46. The fourth-order valence-electron chi connectivity index (χ4n) is 3.83. The van der Waals surface area contributed by atoms with Gasteiger partial charge in [-0.05, 0) is 38.5 Å². The smallest absolute Gasteiger partial charge is 0.252 e. The van der Waals surface area contributed by atoms with Crippen LogP contribution in [0.3, 0.4) is 0 Å². The number of nitrogens with zero attached hydrogens (tertiary/aromatic N) is 2. The molecule has 4 rings (SSSR count). The lowest BCUT2D eigenvalue weighted by molar-refractivity contribution is 0.100. The molecule has 0 aliphatic rings. The Morgan fingerprint density at radius 3 is 2.55 bits per heavy atom.